The fourth-order valence-corrected chi connectivity index (χ4v) is 2.77. The number of rotatable bonds is 5. The highest BCUT2D eigenvalue weighted by atomic mass is 19.4. The van der Waals surface area contributed by atoms with Crippen molar-refractivity contribution in [1.29, 1.82) is 0 Å². The van der Waals surface area contributed by atoms with Gasteiger partial charge in [-0.1, -0.05) is 13.0 Å². The van der Waals surface area contributed by atoms with Gasteiger partial charge in [-0.2, -0.15) is 13.2 Å². The summed E-state index contributed by atoms with van der Waals surface area (Å²) < 4.78 is 38.1. The van der Waals surface area contributed by atoms with Crippen LogP contribution in [0.1, 0.15) is 43.4 Å². The molecule has 0 saturated heterocycles. The normalized spacial score (nSPS) is 20.3. The first-order valence-electron chi connectivity index (χ1n) is 6.75. The average Bonchev–Trinajstić information content (AvgIpc) is 2.77. The second-order valence-electron chi connectivity index (χ2n) is 5.07. The van der Waals surface area contributed by atoms with Gasteiger partial charge < -0.3 is 5.32 Å². The summed E-state index contributed by atoms with van der Waals surface area (Å²) >= 11 is 0. The molecule has 1 heterocycles. The molecule has 1 aromatic heterocycles. The molecular formula is C14H19F3N2. The second kappa shape index (κ2) is 5.90. The number of alkyl halides is 3. The van der Waals surface area contributed by atoms with E-state index < -0.39 is 18.6 Å². The summed E-state index contributed by atoms with van der Waals surface area (Å²) in [5.74, 6) is -0.121. The van der Waals surface area contributed by atoms with Crippen LogP contribution < -0.4 is 5.32 Å². The van der Waals surface area contributed by atoms with Crippen molar-refractivity contribution in [3.05, 3.63) is 29.6 Å². The minimum Gasteiger partial charge on any atom is -0.313 e. The van der Waals surface area contributed by atoms with E-state index in [0.717, 1.165) is 30.5 Å². The molecule has 19 heavy (non-hydrogen) atoms. The zero-order chi connectivity index (χ0) is 13.9. The molecule has 2 atom stereocenters. The van der Waals surface area contributed by atoms with Crippen molar-refractivity contribution in [2.24, 2.45) is 0 Å². The van der Waals surface area contributed by atoms with Crippen molar-refractivity contribution < 1.29 is 13.2 Å². The van der Waals surface area contributed by atoms with Crippen molar-refractivity contribution in [2.45, 2.75) is 50.7 Å². The van der Waals surface area contributed by atoms with E-state index >= 15 is 0 Å². The number of nitrogens with one attached hydrogen (secondary N) is 1. The molecule has 1 aliphatic carbocycles. The lowest BCUT2D eigenvalue weighted by molar-refractivity contribution is -0.141. The summed E-state index contributed by atoms with van der Waals surface area (Å²) in [5, 5.41) is 3.05. The molecule has 0 fully saturated rings. The Morgan fingerprint density at radius 2 is 2.26 bits per heavy atom. The van der Waals surface area contributed by atoms with Gasteiger partial charge in [0.2, 0.25) is 0 Å². The Morgan fingerprint density at radius 3 is 2.95 bits per heavy atom. The molecule has 1 N–H and O–H groups in total. The Hall–Kier alpha value is -1.10. The molecular weight excluding hydrogens is 253 g/mol. The van der Waals surface area contributed by atoms with E-state index in [2.05, 4.69) is 10.3 Å². The highest BCUT2D eigenvalue weighted by Gasteiger charge is 2.38. The predicted octanol–water partition coefficient (Wildman–Crippen LogP) is 3.43. The van der Waals surface area contributed by atoms with E-state index in [4.69, 9.17) is 0 Å². The van der Waals surface area contributed by atoms with Crippen molar-refractivity contribution in [2.75, 3.05) is 6.54 Å². The van der Waals surface area contributed by atoms with Crippen LogP contribution in [0.3, 0.4) is 0 Å². The van der Waals surface area contributed by atoms with Gasteiger partial charge in [-0.25, -0.2) is 0 Å². The molecule has 0 amide bonds. The van der Waals surface area contributed by atoms with Gasteiger partial charge in [0.1, 0.15) is 0 Å². The quantitative estimate of drug-likeness (QED) is 0.888. The van der Waals surface area contributed by atoms with Crippen LogP contribution in [0.25, 0.3) is 0 Å². The van der Waals surface area contributed by atoms with Crippen LogP contribution in [0.4, 0.5) is 13.2 Å². The van der Waals surface area contributed by atoms with Crippen LogP contribution in [0.5, 0.6) is 0 Å². The summed E-state index contributed by atoms with van der Waals surface area (Å²) in [6, 6.07) is 3.25. The van der Waals surface area contributed by atoms with Crippen molar-refractivity contribution in [3.8, 4) is 0 Å². The van der Waals surface area contributed by atoms with Gasteiger partial charge in [0.15, 0.2) is 0 Å². The first-order valence-corrected chi connectivity index (χ1v) is 6.75. The molecule has 2 nitrogen and oxygen atoms in total. The molecule has 5 heteroatoms. The van der Waals surface area contributed by atoms with E-state index in [1.165, 1.54) is 0 Å². The van der Waals surface area contributed by atoms with Crippen molar-refractivity contribution in [3.63, 3.8) is 0 Å². The molecule has 0 spiro atoms. The lowest BCUT2D eigenvalue weighted by atomic mass is 9.94. The number of fused-ring (bicyclic) bond motifs is 1. The molecule has 2 unspecified atom stereocenters. The minimum absolute atomic E-state index is 0.121. The van der Waals surface area contributed by atoms with Gasteiger partial charge in [0.05, 0.1) is 6.42 Å². The second-order valence-corrected chi connectivity index (χ2v) is 5.07. The molecule has 0 aliphatic heterocycles. The maximum absolute atomic E-state index is 12.7. The van der Waals surface area contributed by atoms with Crippen LogP contribution in [-0.4, -0.2) is 23.7 Å². The number of nitrogens with zero attached hydrogens (tertiary/aromatic N) is 1. The number of halogens is 3. The van der Waals surface area contributed by atoms with Gasteiger partial charge in [-0.05, 0) is 37.4 Å². The Morgan fingerprint density at radius 1 is 1.47 bits per heavy atom. The average molecular weight is 272 g/mol. The summed E-state index contributed by atoms with van der Waals surface area (Å²) in [7, 11) is 0. The molecule has 106 valence electrons. The lowest BCUT2D eigenvalue weighted by Crippen LogP contribution is -2.38. The minimum atomic E-state index is -4.14. The van der Waals surface area contributed by atoms with Gasteiger partial charge in [0, 0.05) is 23.9 Å². The van der Waals surface area contributed by atoms with Crippen LogP contribution in [0, 0.1) is 0 Å². The van der Waals surface area contributed by atoms with Gasteiger partial charge >= 0.3 is 6.18 Å². The first kappa shape index (κ1) is 14.3. The number of hydrogen-bond acceptors (Lipinski definition) is 2. The van der Waals surface area contributed by atoms with Crippen LogP contribution >= 0.6 is 0 Å². The third-order valence-corrected chi connectivity index (χ3v) is 3.60. The van der Waals surface area contributed by atoms with Crippen LogP contribution in [0.2, 0.25) is 0 Å². The summed E-state index contributed by atoms with van der Waals surface area (Å²) in [6.45, 7) is 2.57. The number of aromatic nitrogens is 1. The van der Waals surface area contributed by atoms with E-state index in [1.54, 1.807) is 6.20 Å². The number of hydrogen-bond donors (Lipinski definition) is 1. The Kier molecular flexibility index (Phi) is 4.45. The molecule has 1 aromatic rings. The topological polar surface area (TPSA) is 24.9 Å². The Bertz CT molecular complexity index is 417. The van der Waals surface area contributed by atoms with E-state index in [0.29, 0.717) is 6.54 Å². The van der Waals surface area contributed by atoms with Gasteiger partial charge in [-0.15, -0.1) is 0 Å². The summed E-state index contributed by atoms with van der Waals surface area (Å²) in [5.41, 5.74) is 1.94. The maximum atomic E-state index is 12.7. The maximum Gasteiger partial charge on any atom is 0.390 e. The predicted molar refractivity (Wildman–Crippen MR) is 68.1 cm³/mol. The van der Waals surface area contributed by atoms with Crippen LogP contribution in [-0.2, 0) is 6.42 Å². The monoisotopic (exact) mass is 272 g/mol. The molecule has 1 aliphatic rings. The first-order chi connectivity index (χ1) is 9.01. The number of aryl methyl sites for hydroxylation is 1. The molecule has 0 bridgehead atoms. The standard InChI is InChI=1S/C14H19F3N2/c1-2-7-18-12(9-14(15,16)17)11-6-5-10-4-3-8-19-13(10)11/h3-4,8,11-12,18H,2,5-7,9H2,1H3. The third kappa shape index (κ3) is 3.69. The highest BCUT2D eigenvalue weighted by molar-refractivity contribution is 5.30. The van der Waals surface area contributed by atoms with Crippen molar-refractivity contribution in [1.82, 2.24) is 10.3 Å². The molecule has 2 rings (SSSR count). The number of pyridine rings is 1. The fourth-order valence-electron chi connectivity index (χ4n) is 2.77. The van der Waals surface area contributed by atoms with E-state index in [1.807, 2.05) is 19.1 Å². The van der Waals surface area contributed by atoms with E-state index in [-0.39, 0.29) is 5.92 Å². The van der Waals surface area contributed by atoms with Crippen molar-refractivity contribution >= 4 is 0 Å². The Labute approximate surface area is 111 Å². The van der Waals surface area contributed by atoms with Crippen LogP contribution in [0.15, 0.2) is 18.3 Å². The van der Waals surface area contributed by atoms with E-state index in [9.17, 15) is 13.2 Å². The molecule has 0 aromatic carbocycles. The molecule has 0 saturated carbocycles. The zero-order valence-electron chi connectivity index (χ0n) is 11.0. The third-order valence-electron chi connectivity index (χ3n) is 3.60. The summed E-state index contributed by atoms with van der Waals surface area (Å²) in [4.78, 5) is 4.29. The smallest absolute Gasteiger partial charge is 0.313 e. The SMILES string of the molecule is CCCNC(CC(F)(F)F)C1CCc2cccnc21. The fraction of sp³-hybridized carbons (Fsp3) is 0.643. The van der Waals surface area contributed by atoms with Gasteiger partial charge in [0.25, 0.3) is 0 Å². The lowest BCUT2D eigenvalue weighted by Gasteiger charge is -2.26. The summed E-state index contributed by atoms with van der Waals surface area (Å²) in [6.07, 6.45) is -0.839. The van der Waals surface area contributed by atoms with Gasteiger partial charge in [-0.3, -0.25) is 4.98 Å². The Balaban J connectivity index is 2.15. The zero-order valence-corrected chi connectivity index (χ0v) is 11.0. The molecule has 0 radical (unpaired) electrons. The highest BCUT2D eigenvalue weighted by Crippen LogP contribution is 2.37. The largest absolute Gasteiger partial charge is 0.390 e.